The summed E-state index contributed by atoms with van der Waals surface area (Å²) >= 11 is 0. The van der Waals surface area contributed by atoms with E-state index in [0.29, 0.717) is 41.7 Å². The summed E-state index contributed by atoms with van der Waals surface area (Å²) < 4.78 is 3.63. The zero-order valence-electron chi connectivity index (χ0n) is 20.0. The number of amidine groups is 2. The molecule has 2 heterocycles. The van der Waals surface area contributed by atoms with Crippen molar-refractivity contribution in [2.75, 3.05) is 0 Å². The van der Waals surface area contributed by atoms with E-state index in [1.165, 1.54) is 0 Å². The van der Waals surface area contributed by atoms with Gasteiger partial charge in [-0.05, 0) is 40.1 Å². The molecule has 0 amide bonds. The van der Waals surface area contributed by atoms with Crippen molar-refractivity contribution in [3.8, 4) is 0 Å². The summed E-state index contributed by atoms with van der Waals surface area (Å²) in [6.45, 7) is 2.82. The predicted molar refractivity (Wildman–Crippen MR) is 144 cm³/mol. The maximum Gasteiger partial charge on any atom is 0.277 e. The molecule has 0 bridgehead atoms. The molecule has 0 radical (unpaired) electrons. The third-order valence-corrected chi connectivity index (χ3v) is 6.47. The molecule has 3 aromatic carbocycles. The summed E-state index contributed by atoms with van der Waals surface area (Å²) in [5.74, 6) is 0.840. The first-order chi connectivity index (χ1) is 17.4. The van der Waals surface area contributed by atoms with Gasteiger partial charge in [-0.3, -0.25) is 15.6 Å². The smallest absolute Gasteiger partial charge is 0.277 e. The summed E-state index contributed by atoms with van der Waals surface area (Å²) in [4.78, 5) is 18.4. The lowest BCUT2D eigenvalue weighted by atomic mass is 10.0. The van der Waals surface area contributed by atoms with Crippen molar-refractivity contribution in [3.05, 3.63) is 111 Å². The Morgan fingerprint density at radius 1 is 0.917 bits per heavy atom. The van der Waals surface area contributed by atoms with Gasteiger partial charge in [0.15, 0.2) is 0 Å². The highest BCUT2D eigenvalue weighted by atomic mass is 16.1. The number of fused-ring (bicyclic) bond motifs is 2. The van der Waals surface area contributed by atoms with Crippen LogP contribution in [0.5, 0.6) is 0 Å². The second-order valence-corrected chi connectivity index (χ2v) is 8.83. The van der Waals surface area contributed by atoms with Gasteiger partial charge in [-0.15, -0.1) is 0 Å². The van der Waals surface area contributed by atoms with Crippen LogP contribution in [0.3, 0.4) is 0 Å². The Labute approximate surface area is 207 Å². The molecule has 36 heavy (non-hydrogen) atoms. The van der Waals surface area contributed by atoms with Gasteiger partial charge in [-0.1, -0.05) is 55.5 Å². The van der Waals surface area contributed by atoms with E-state index in [1.54, 1.807) is 16.8 Å². The van der Waals surface area contributed by atoms with Crippen molar-refractivity contribution in [2.24, 2.45) is 11.5 Å². The van der Waals surface area contributed by atoms with Crippen molar-refractivity contribution < 1.29 is 0 Å². The van der Waals surface area contributed by atoms with Gasteiger partial charge in [0.25, 0.3) is 5.56 Å². The van der Waals surface area contributed by atoms with E-state index >= 15 is 0 Å². The second-order valence-electron chi connectivity index (χ2n) is 8.83. The van der Waals surface area contributed by atoms with Crippen molar-refractivity contribution in [1.29, 1.82) is 10.8 Å². The number of nitrogens with two attached hydrogens (primary N) is 2. The highest BCUT2D eigenvalue weighted by Crippen LogP contribution is 2.21. The molecule has 0 fully saturated rings. The predicted octanol–water partition coefficient (Wildman–Crippen LogP) is 3.58. The number of rotatable bonds is 7. The highest BCUT2D eigenvalue weighted by molar-refractivity contribution is 5.99. The number of nitrogens with zero attached hydrogens (tertiary/aromatic N) is 3. The molecule has 6 N–H and O–H groups in total. The lowest BCUT2D eigenvalue weighted by molar-refractivity contribution is 0.729. The molecule has 0 aliphatic carbocycles. The number of aryl methyl sites for hydroxylation is 1. The normalized spacial score (nSPS) is 11.2. The number of hydrogen-bond donors (Lipinski definition) is 4. The molecule has 0 unspecified atom stereocenters. The van der Waals surface area contributed by atoms with E-state index in [9.17, 15) is 4.79 Å². The summed E-state index contributed by atoms with van der Waals surface area (Å²) in [5, 5.41) is 17.6. The van der Waals surface area contributed by atoms with Gasteiger partial charge < -0.3 is 20.6 Å². The van der Waals surface area contributed by atoms with Crippen LogP contribution in [0.2, 0.25) is 0 Å². The highest BCUT2D eigenvalue weighted by Gasteiger charge is 2.16. The van der Waals surface area contributed by atoms with E-state index in [2.05, 4.69) is 6.07 Å². The van der Waals surface area contributed by atoms with Gasteiger partial charge in [0.2, 0.25) is 0 Å². The van der Waals surface area contributed by atoms with Gasteiger partial charge in [-0.2, -0.15) is 0 Å². The molecular weight excluding hydrogens is 450 g/mol. The minimum atomic E-state index is -0.141. The summed E-state index contributed by atoms with van der Waals surface area (Å²) in [7, 11) is 0. The molecule has 8 nitrogen and oxygen atoms in total. The molecule has 0 aliphatic heterocycles. The average molecular weight is 478 g/mol. The van der Waals surface area contributed by atoms with Crippen molar-refractivity contribution in [3.63, 3.8) is 0 Å². The molecule has 0 saturated heterocycles. The van der Waals surface area contributed by atoms with Crippen molar-refractivity contribution in [2.45, 2.75) is 26.4 Å². The maximum absolute atomic E-state index is 13.7. The number of nitrogens with one attached hydrogen (secondary N) is 2. The Kier molecular flexibility index (Phi) is 5.85. The average Bonchev–Trinajstić information content (AvgIpc) is 3.23. The molecule has 0 spiro atoms. The minimum Gasteiger partial charge on any atom is -0.384 e. The monoisotopic (exact) mass is 477 g/mol. The molecule has 0 atom stereocenters. The summed E-state index contributed by atoms with van der Waals surface area (Å²) in [5.41, 5.74) is 15.6. The lowest BCUT2D eigenvalue weighted by Gasteiger charge is -2.12. The molecular formula is C28H27N7O. The SMILES string of the molecule is CCc1nc2ccn(Cc3ccccc3C(=N)N)c(=O)c2n1Cc1ccc2ccc(C(=N)N)cc2c1. The van der Waals surface area contributed by atoms with Crippen LogP contribution in [0.1, 0.15) is 35.0 Å². The maximum atomic E-state index is 13.7. The van der Waals surface area contributed by atoms with Crippen LogP contribution in [0.25, 0.3) is 21.8 Å². The fourth-order valence-electron chi connectivity index (χ4n) is 4.64. The van der Waals surface area contributed by atoms with Crippen molar-refractivity contribution in [1.82, 2.24) is 14.1 Å². The second kappa shape index (κ2) is 9.14. The largest absolute Gasteiger partial charge is 0.384 e. The van der Waals surface area contributed by atoms with Crippen molar-refractivity contribution >= 4 is 33.5 Å². The minimum absolute atomic E-state index is 0.0257. The Bertz CT molecular complexity index is 1710. The zero-order valence-corrected chi connectivity index (χ0v) is 20.0. The van der Waals surface area contributed by atoms with Crippen LogP contribution >= 0.6 is 0 Å². The van der Waals surface area contributed by atoms with Crippen LogP contribution < -0.4 is 17.0 Å². The van der Waals surface area contributed by atoms with Gasteiger partial charge >= 0.3 is 0 Å². The van der Waals surface area contributed by atoms with Gasteiger partial charge in [0.05, 0.1) is 12.1 Å². The Hall–Kier alpha value is -4.72. The molecule has 5 aromatic rings. The van der Waals surface area contributed by atoms with E-state index in [4.69, 9.17) is 27.3 Å². The third kappa shape index (κ3) is 4.13. The van der Waals surface area contributed by atoms with E-state index in [0.717, 1.165) is 27.7 Å². The lowest BCUT2D eigenvalue weighted by Crippen LogP contribution is -2.24. The number of hydrogen-bond acceptors (Lipinski definition) is 4. The molecule has 2 aromatic heterocycles. The number of aromatic nitrogens is 3. The van der Waals surface area contributed by atoms with E-state index < -0.39 is 0 Å². The third-order valence-electron chi connectivity index (χ3n) is 6.47. The fraction of sp³-hybridized carbons (Fsp3) is 0.143. The van der Waals surface area contributed by atoms with Crippen LogP contribution in [-0.2, 0) is 19.5 Å². The number of pyridine rings is 1. The molecule has 0 saturated carbocycles. The first-order valence-electron chi connectivity index (χ1n) is 11.7. The van der Waals surface area contributed by atoms with Crippen LogP contribution in [0, 0.1) is 10.8 Å². The Morgan fingerprint density at radius 2 is 1.69 bits per heavy atom. The molecule has 8 heteroatoms. The van der Waals surface area contributed by atoms with Crippen LogP contribution in [-0.4, -0.2) is 25.8 Å². The van der Waals surface area contributed by atoms with Crippen LogP contribution in [0.15, 0.2) is 77.7 Å². The number of nitrogen functional groups attached to an aromatic ring is 2. The summed E-state index contributed by atoms with van der Waals surface area (Å²) in [6, 6.07) is 21.1. The summed E-state index contributed by atoms with van der Waals surface area (Å²) in [6.07, 6.45) is 2.43. The first-order valence-corrected chi connectivity index (χ1v) is 11.7. The quantitative estimate of drug-likeness (QED) is 0.210. The molecule has 0 aliphatic rings. The topological polar surface area (TPSA) is 140 Å². The van der Waals surface area contributed by atoms with E-state index in [-0.39, 0.29) is 17.2 Å². The zero-order chi connectivity index (χ0) is 25.4. The standard InChI is InChI=1S/C28H27N7O/c1-2-24-33-23-11-12-34(16-20-5-3-4-6-22(20)27(31)32)28(36)25(23)35(24)15-17-7-8-18-9-10-19(26(29)30)14-21(18)13-17/h3-14H,2,15-16H2,1H3,(H3,29,30)(H3,31,32). The molecule has 5 rings (SSSR count). The van der Waals surface area contributed by atoms with Gasteiger partial charge in [0.1, 0.15) is 23.0 Å². The first kappa shape index (κ1) is 23.0. The van der Waals surface area contributed by atoms with Gasteiger partial charge in [-0.25, -0.2) is 4.98 Å². The van der Waals surface area contributed by atoms with Crippen LogP contribution in [0.4, 0.5) is 0 Å². The number of imidazole rings is 1. The fourth-order valence-corrected chi connectivity index (χ4v) is 4.64. The molecule has 180 valence electrons. The Balaban J connectivity index is 1.59. The van der Waals surface area contributed by atoms with Gasteiger partial charge in [0, 0.05) is 30.3 Å². The van der Waals surface area contributed by atoms with E-state index in [1.807, 2.05) is 66.1 Å². The number of benzene rings is 3. The Morgan fingerprint density at radius 3 is 2.44 bits per heavy atom.